The van der Waals surface area contributed by atoms with Crippen LogP contribution in [0.25, 0.3) is 0 Å². The van der Waals surface area contributed by atoms with Crippen LogP contribution in [0.1, 0.15) is 32.3 Å². The molecule has 0 aliphatic carbocycles. The lowest BCUT2D eigenvalue weighted by Gasteiger charge is -2.27. The number of carbonyl (C=O) groups is 1. The molecule has 1 aliphatic rings. The van der Waals surface area contributed by atoms with E-state index in [2.05, 4.69) is 0 Å². The third-order valence-corrected chi connectivity index (χ3v) is 3.48. The zero-order chi connectivity index (χ0) is 13.9. The average molecular weight is 266 g/mol. The molecule has 0 unspecified atom stereocenters. The van der Waals surface area contributed by atoms with Crippen molar-refractivity contribution in [2.45, 2.75) is 38.9 Å². The van der Waals surface area contributed by atoms with E-state index in [1.807, 2.05) is 26.0 Å². The van der Waals surface area contributed by atoms with Crippen LogP contribution in [0.5, 0.6) is 11.5 Å². The number of hydrogen-bond acceptors (Lipinski definition) is 4. The smallest absolute Gasteiger partial charge is 0.335 e. The van der Waals surface area contributed by atoms with Crippen molar-refractivity contribution in [1.29, 1.82) is 0 Å². The van der Waals surface area contributed by atoms with Gasteiger partial charge in [0.15, 0.2) is 17.1 Å². The first kappa shape index (κ1) is 13.7. The number of ether oxygens (including phenoxy) is 3. The Kier molecular flexibility index (Phi) is 3.95. The van der Waals surface area contributed by atoms with E-state index in [1.54, 1.807) is 6.07 Å². The molecule has 0 amide bonds. The highest BCUT2D eigenvalue weighted by atomic mass is 16.7. The molecule has 2 rings (SSSR count). The molecule has 1 aliphatic heterocycles. The SMILES string of the molecule is CCC(CC)(OCc1ccc2c(c1)OCO2)C(=O)O. The lowest BCUT2D eigenvalue weighted by Crippen LogP contribution is -2.40. The molecule has 0 saturated carbocycles. The summed E-state index contributed by atoms with van der Waals surface area (Å²) >= 11 is 0. The fraction of sp³-hybridized carbons (Fsp3) is 0.500. The summed E-state index contributed by atoms with van der Waals surface area (Å²) in [5.41, 5.74) is -0.243. The number of aliphatic carboxylic acids is 1. The molecular weight excluding hydrogens is 248 g/mol. The maximum absolute atomic E-state index is 11.3. The normalized spacial score (nSPS) is 13.6. The first-order valence-corrected chi connectivity index (χ1v) is 6.37. The molecular formula is C14H18O5. The van der Waals surface area contributed by atoms with Gasteiger partial charge >= 0.3 is 5.97 Å². The molecule has 0 spiro atoms. The summed E-state index contributed by atoms with van der Waals surface area (Å²) in [7, 11) is 0. The van der Waals surface area contributed by atoms with Crippen molar-refractivity contribution in [2.24, 2.45) is 0 Å². The van der Waals surface area contributed by atoms with Gasteiger partial charge < -0.3 is 19.3 Å². The number of benzene rings is 1. The standard InChI is InChI=1S/C14H18O5/c1-3-14(4-2,13(15)16)19-8-10-5-6-11-12(7-10)18-9-17-11/h5-7H,3-4,8-9H2,1-2H3,(H,15,16). The molecule has 1 aromatic carbocycles. The summed E-state index contributed by atoms with van der Waals surface area (Å²) in [6, 6.07) is 5.48. The minimum Gasteiger partial charge on any atom is -0.479 e. The number of rotatable bonds is 6. The van der Waals surface area contributed by atoms with Gasteiger partial charge in [0.1, 0.15) is 0 Å². The van der Waals surface area contributed by atoms with E-state index in [4.69, 9.17) is 14.2 Å². The van der Waals surface area contributed by atoms with Gasteiger partial charge in [0.2, 0.25) is 6.79 Å². The molecule has 104 valence electrons. The first-order valence-electron chi connectivity index (χ1n) is 6.37. The van der Waals surface area contributed by atoms with E-state index in [1.165, 1.54) is 0 Å². The quantitative estimate of drug-likeness (QED) is 0.857. The summed E-state index contributed by atoms with van der Waals surface area (Å²) in [6.45, 7) is 4.10. The largest absolute Gasteiger partial charge is 0.479 e. The van der Waals surface area contributed by atoms with Crippen molar-refractivity contribution in [3.05, 3.63) is 23.8 Å². The first-order chi connectivity index (χ1) is 9.11. The molecule has 1 aromatic rings. The Bertz CT molecular complexity index is 465. The van der Waals surface area contributed by atoms with Crippen molar-refractivity contribution < 1.29 is 24.1 Å². The van der Waals surface area contributed by atoms with Crippen molar-refractivity contribution in [2.75, 3.05) is 6.79 Å². The zero-order valence-electron chi connectivity index (χ0n) is 11.1. The number of hydrogen-bond donors (Lipinski definition) is 1. The van der Waals surface area contributed by atoms with Crippen LogP contribution in [-0.4, -0.2) is 23.5 Å². The molecule has 0 aromatic heterocycles. The molecule has 1 heterocycles. The van der Waals surface area contributed by atoms with Gasteiger partial charge in [0.05, 0.1) is 6.61 Å². The van der Waals surface area contributed by atoms with E-state index in [-0.39, 0.29) is 13.4 Å². The minimum atomic E-state index is -1.11. The summed E-state index contributed by atoms with van der Waals surface area (Å²) in [5.74, 6) is 0.465. The van der Waals surface area contributed by atoms with Gasteiger partial charge in [-0.25, -0.2) is 4.79 Å². The highest BCUT2D eigenvalue weighted by Gasteiger charge is 2.35. The van der Waals surface area contributed by atoms with Crippen LogP contribution in [0.4, 0.5) is 0 Å². The number of carboxylic acids is 1. The molecule has 19 heavy (non-hydrogen) atoms. The maximum Gasteiger partial charge on any atom is 0.335 e. The molecule has 0 atom stereocenters. The Hall–Kier alpha value is -1.75. The average Bonchev–Trinajstić information content (AvgIpc) is 2.87. The molecule has 0 radical (unpaired) electrons. The molecule has 0 saturated heterocycles. The lowest BCUT2D eigenvalue weighted by molar-refractivity contribution is -0.169. The summed E-state index contributed by atoms with van der Waals surface area (Å²) in [5, 5.41) is 9.29. The van der Waals surface area contributed by atoms with E-state index in [0.29, 0.717) is 24.3 Å². The second-order valence-corrected chi connectivity index (χ2v) is 4.48. The van der Waals surface area contributed by atoms with Crippen LogP contribution < -0.4 is 9.47 Å². The second kappa shape index (κ2) is 5.48. The van der Waals surface area contributed by atoms with Crippen LogP contribution in [0.15, 0.2) is 18.2 Å². The van der Waals surface area contributed by atoms with Crippen LogP contribution in [0.3, 0.4) is 0 Å². The van der Waals surface area contributed by atoms with Gasteiger partial charge in [-0.1, -0.05) is 19.9 Å². The Morgan fingerprint density at radius 3 is 2.63 bits per heavy atom. The topological polar surface area (TPSA) is 65.0 Å². The molecule has 5 heteroatoms. The summed E-state index contributed by atoms with van der Waals surface area (Å²) < 4.78 is 16.1. The minimum absolute atomic E-state index is 0.225. The van der Waals surface area contributed by atoms with Crippen LogP contribution in [0, 0.1) is 0 Å². The Labute approximate surface area is 112 Å². The fourth-order valence-corrected chi connectivity index (χ4v) is 2.07. The third kappa shape index (κ3) is 2.66. The lowest BCUT2D eigenvalue weighted by atomic mass is 9.97. The van der Waals surface area contributed by atoms with Gasteiger partial charge in [-0.15, -0.1) is 0 Å². The third-order valence-electron chi connectivity index (χ3n) is 3.48. The molecule has 0 fully saturated rings. The summed E-state index contributed by atoms with van der Waals surface area (Å²) in [4.78, 5) is 11.3. The zero-order valence-corrected chi connectivity index (χ0v) is 11.1. The Balaban J connectivity index is 2.07. The van der Waals surface area contributed by atoms with Gasteiger partial charge in [0.25, 0.3) is 0 Å². The predicted molar refractivity (Wildman–Crippen MR) is 68.3 cm³/mol. The van der Waals surface area contributed by atoms with Crippen LogP contribution in [0.2, 0.25) is 0 Å². The second-order valence-electron chi connectivity index (χ2n) is 4.48. The fourth-order valence-electron chi connectivity index (χ4n) is 2.07. The van der Waals surface area contributed by atoms with E-state index >= 15 is 0 Å². The highest BCUT2D eigenvalue weighted by molar-refractivity contribution is 5.77. The predicted octanol–water partition coefficient (Wildman–Crippen LogP) is 2.58. The van der Waals surface area contributed by atoms with Gasteiger partial charge in [0, 0.05) is 0 Å². The van der Waals surface area contributed by atoms with Crippen molar-refractivity contribution >= 4 is 5.97 Å². The van der Waals surface area contributed by atoms with Crippen molar-refractivity contribution in [1.82, 2.24) is 0 Å². The van der Waals surface area contributed by atoms with Gasteiger partial charge in [-0.05, 0) is 30.5 Å². The van der Waals surface area contributed by atoms with Crippen LogP contribution >= 0.6 is 0 Å². The van der Waals surface area contributed by atoms with Gasteiger partial charge in [-0.2, -0.15) is 0 Å². The molecule has 1 N–H and O–H groups in total. The Morgan fingerprint density at radius 1 is 1.32 bits per heavy atom. The van der Waals surface area contributed by atoms with Crippen molar-refractivity contribution in [3.63, 3.8) is 0 Å². The monoisotopic (exact) mass is 266 g/mol. The number of carboxylic acid groups (broad SMARTS) is 1. The van der Waals surface area contributed by atoms with Gasteiger partial charge in [-0.3, -0.25) is 0 Å². The van der Waals surface area contributed by atoms with E-state index in [0.717, 1.165) is 5.56 Å². The van der Waals surface area contributed by atoms with Crippen LogP contribution in [-0.2, 0) is 16.1 Å². The highest BCUT2D eigenvalue weighted by Crippen LogP contribution is 2.33. The maximum atomic E-state index is 11.3. The number of fused-ring (bicyclic) bond motifs is 1. The molecule has 0 bridgehead atoms. The van der Waals surface area contributed by atoms with E-state index < -0.39 is 11.6 Å². The summed E-state index contributed by atoms with van der Waals surface area (Å²) in [6.07, 6.45) is 0.868. The Morgan fingerprint density at radius 2 is 2.00 bits per heavy atom. The van der Waals surface area contributed by atoms with E-state index in [9.17, 15) is 9.90 Å². The van der Waals surface area contributed by atoms with Crippen molar-refractivity contribution in [3.8, 4) is 11.5 Å². The molecule has 5 nitrogen and oxygen atoms in total.